The molecular weight excluding hydrogens is 416 g/mol. The minimum atomic E-state index is -1.23. The lowest BCUT2D eigenvalue weighted by molar-refractivity contribution is -0.142. The minimum Gasteiger partial charge on any atom is -0.361 e. The first-order chi connectivity index (χ1) is 16.1. The molecule has 2 fully saturated rings. The molecule has 0 unspecified atom stereocenters. The molecule has 168 valence electrons. The molecule has 0 saturated carbocycles. The maximum Gasteiger partial charge on any atom is 0.250 e. The molecular formula is C26H26N4O3. The molecule has 3 N–H and O–H groups in total. The molecule has 6 rings (SSSR count). The van der Waals surface area contributed by atoms with Crippen LogP contribution in [0.25, 0.3) is 10.9 Å². The largest absolute Gasteiger partial charge is 0.361 e. The Hall–Kier alpha value is -3.45. The van der Waals surface area contributed by atoms with Crippen molar-refractivity contribution < 1.29 is 14.4 Å². The number of carbonyl (C=O) groups excluding carboxylic acids is 3. The van der Waals surface area contributed by atoms with Crippen LogP contribution in [0.4, 0.5) is 5.69 Å². The zero-order chi connectivity index (χ0) is 22.7. The first-order valence-corrected chi connectivity index (χ1v) is 11.6. The SMILES string of the molecule is CCCCN1C(=O)[C@@H]2[C@@H](C1=O)[C@@]1(N[C@@H]2Cc2c[nH]c3ccccc23)C(=O)Nc2ccccc21. The molecule has 0 bridgehead atoms. The molecule has 0 aliphatic carbocycles. The molecule has 4 atom stereocenters. The van der Waals surface area contributed by atoms with Crippen molar-refractivity contribution in [1.29, 1.82) is 0 Å². The van der Waals surface area contributed by atoms with E-state index in [4.69, 9.17) is 0 Å². The number of aromatic nitrogens is 1. The van der Waals surface area contributed by atoms with Gasteiger partial charge in [0.2, 0.25) is 17.7 Å². The van der Waals surface area contributed by atoms with Crippen molar-refractivity contribution in [2.75, 3.05) is 11.9 Å². The molecule has 33 heavy (non-hydrogen) atoms. The lowest BCUT2D eigenvalue weighted by Gasteiger charge is -2.29. The van der Waals surface area contributed by atoms with Crippen molar-refractivity contribution in [2.24, 2.45) is 11.8 Å². The summed E-state index contributed by atoms with van der Waals surface area (Å²) in [6.07, 6.45) is 4.15. The van der Waals surface area contributed by atoms with Gasteiger partial charge in [0, 0.05) is 40.9 Å². The van der Waals surface area contributed by atoms with Crippen LogP contribution in [0.3, 0.4) is 0 Å². The van der Waals surface area contributed by atoms with Gasteiger partial charge in [-0.2, -0.15) is 0 Å². The normalized spacial score (nSPS) is 28.1. The van der Waals surface area contributed by atoms with E-state index in [-0.39, 0.29) is 23.8 Å². The standard InChI is InChI=1S/C26H26N4O3/c1-2-3-12-30-23(31)21-20(13-15-14-27-18-10-6-4-8-16(15)18)29-26(22(21)24(30)32)17-9-5-7-11-19(17)28-25(26)33/h4-11,14,20-22,27,29H,2-3,12-13H2,1H3,(H,28,33)/t20-,21+,22+,26-/m1/s1. The van der Waals surface area contributed by atoms with Crippen LogP contribution in [0.2, 0.25) is 0 Å². The average molecular weight is 443 g/mol. The summed E-state index contributed by atoms with van der Waals surface area (Å²) in [5.41, 5.74) is 2.32. The lowest BCUT2D eigenvalue weighted by atomic mass is 9.76. The summed E-state index contributed by atoms with van der Waals surface area (Å²) < 4.78 is 0. The molecule has 1 aromatic heterocycles. The number of imide groups is 1. The Bertz CT molecular complexity index is 1300. The third kappa shape index (κ3) is 2.69. The Morgan fingerprint density at radius 3 is 2.64 bits per heavy atom. The van der Waals surface area contributed by atoms with Gasteiger partial charge in [-0.3, -0.25) is 24.6 Å². The molecule has 2 aromatic carbocycles. The van der Waals surface area contributed by atoms with Crippen molar-refractivity contribution in [3.8, 4) is 0 Å². The molecule has 4 heterocycles. The van der Waals surface area contributed by atoms with E-state index in [1.165, 1.54) is 4.90 Å². The van der Waals surface area contributed by atoms with E-state index in [1.54, 1.807) is 0 Å². The van der Waals surface area contributed by atoms with E-state index in [0.717, 1.165) is 34.9 Å². The second-order valence-electron chi connectivity index (χ2n) is 9.31. The van der Waals surface area contributed by atoms with Gasteiger partial charge < -0.3 is 10.3 Å². The molecule has 3 aliphatic rings. The summed E-state index contributed by atoms with van der Waals surface area (Å²) in [5, 5.41) is 7.57. The number of hydrogen-bond donors (Lipinski definition) is 3. The van der Waals surface area contributed by atoms with E-state index >= 15 is 0 Å². The fourth-order valence-electron chi connectivity index (χ4n) is 6.07. The van der Waals surface area contributed by atoms with E-state index in [0.29, 0.717) is 18.7 Å². The first-order valence-electron chi connectivity index (χ1n) is 11.6. The predicted molar refractivity (Wildman–Crippen MR) is 124 cm³/mol. The average Bonchev–Trinajstić information content (AvgIpc) is 3.53. The Kier molecular flexibility index (Phi) is 4.45. The smallest absolute Gasteiger partial charge is 0.250 e. The molecule has 3 amide bonds. The maximum atomic E-state index is 13.7. The highest BCUT2D eigenvalue weighted by Gasteiger charge is 2.70. The number of para-hydroxylation sites is 2. The Labute approximate surface area is 191 Å². The van der Waals surface area contributed by atoms with Crippen LogP contribution in [0.15, 0.2) is 54.7 Å². The molecule has 2 saturated heterocycles. The topological polar surface area (TPSA) is 94.3 Å². The number of carbonyl (C=O) groups is 3. The lowest BCUT2D eigenvalue weighted by Crippen LogP contribution is -2.53. The number of nitrogens with zero attached hydrogens (tertiary/aromatic N) is 1. The summed E-state index contributed by atoms with van der Waals surface area (Å²) in [6, 6.07) is 15.2. The molecule has 0 radical (unpaired) electrons. The fourth-order valence-corrected chi connectivity index (χ4v) is 6.07. The van der Waals surface area contributed by atoms with Gasteiger partial charge in [0.1, 0.15) is 5.54 Å². The summed E-state index contributed by atoms with van der Waals surface area (Å²) in [7, 11) is 0. The predicted octanol–water partition coefficient (Wildman–Crippen LogP) is 2.93. The molecule has 7 nitrogen and oxygen atoms in total. The number of unbranched alkanes of at least 4 members (excludes halogenated alkanes) is 1. The van der Waals surface area contributed by atoms with E-state index in [1.807, 2.05) is 55.6 Å². The third-order valence-corrected chi connectivity index (χ3v) is 7.56. The summed E-state index contributed by atoms with van der Waals surface area (Å²) in [4.78, 5) is 45.4. The number of likely N-dealkylation sites (tertiary alicyclic amines) is 1. The van der Waals surface area contributed by atoms with Gasteiger partial charge in [0.15, 0.2) is 0 Å². The number of anilines is 1. The van der Waals surface area contributed by atoms with Crippen molar-refractivity contribution in [3.05, 3.63) is 65.9 Å². The van der Waals surface area contributed by atoms with E-state index < -0.39 is 17.4 Å². The molecule has 3 aliphatic heterocycles. The number of rotatable bonds is 5. The Balaban J connectivity index is 1.46. The Morgan fingerprint density at radius 2 is 1.79 bits per heavy atom. The van der Waals surface area contributed by atoms with Crippen molar-refractivity contribution >= 4 is 34.3 Å². The summed E-state index contributed by atoms with van der Waals surface area (Å²) >= 11 is 0. The summed E-state index contributed by atoms with van der Waals surface area (Å²) in [6.45, 7) is 2.44. The highest BCUT2D eigenvalue weighted by Crippen LogP contribution is 2.53. The van der Waals surface area contributed by atoms with Crippen molar-refractivity contribution in [3.63, 3.8) is 0 Å². The molecule has 3 aromatic rings. The van der Waals surface area contributed by atoms with E-state index in [2.05, 4.69) is 21.7 Å². The van der Waals surface area contributed by atoms with Crippen molar-refractivity contribution in [2.45, 2.75) is 37.8 Å². The third-order valence-electron chi connectivity index (χ3n) is 7.56. The van der Waals surface area contributed by atoms with Crippen LogP contribution in [0, 0.1) is 11.8 Å². The maximum absolute atomic E-state index is 13.7. The number of benzene rings is 2. The van der Waals surface area contributed by atoms with Gasteiger partial charge in [-0.05, 0) is 30.5 Å². The van der Waals surface area contributed by atoms with Crippen LogP contribution >= 0.6 is 0 Å². The Morgan fingerprint density at radius 1 is 1.00 bits per heavy atom. The van der Waals surface area contributed by atoms with Gasteiger partial charge in [-0.1, -0.05) is 49.7 Å². The first kappa shape index (κ1) is 20.2. The summed E-state index contributed by atoms with van der Waals surface area (Å²) in [5.74, 6) is -1.98. The van der Waals surface area contributed by atoms with Gasteiger partial charge in [-0.15, -0.1) is 0 Å². The number of nitrogens with one attached hydrogen (secondary N) is 3. The van der Waals surface area contributed by atoms with Crippen LogP contribution in [0.1, 0.15) is 30.9 Å². The number of aromatic amines is 1. The van der Waals surface area contributed by atoms with Gasteiger partial charge >= 0.3 is 0 Å². The van der Waals surface area contributed by atoms with Crippen molar-refractivity contribution in [1.82, 2.24) is 15.2 Å². The minimum absolute atomic E-state index is 0.162. The molecule has 7 heteroatoms. The monoisotopic (exact) mass is 442 g/mol. The van der Waals surface area contributed by atoms with Crippen LogP contribution < -0.4 is 10.6 Å². The van der Waals surface area contributed by atoms with Gasteiger partial charge in [0.25, 0.3) is 0 Å². The van der Waals surface area contributed by atoms with Gasteiger partial charge in [-0.25, -0.2) is 0 Å². The van der Waals surface area contributed by atoms with Gasteiger partial charge in [0.05, 0.1) is 11.8 Å². The highest BCUT2D eigenvalue weighted by atomic mass is 16.2. The van der Waals surface area contributed by atoms with E-state index in [9.17, 15) is 14.4 Å². The zero-order valence-electron chi connectivity index (χ0n) is 18.4. The quantitative estimate of drug-likeness (QED) is 0.530. The zero-order valence-corrected chi connectivity index (χ0v) is 18.4. The number of amides is 3. The highest BCUT2D eigenvalue weighted by molar-refractivity contribution is 6.15. The number of H-pyrrole nitrogens is 1. The molecule has 1 spiro atoms. The number of hydrogen-bond acceptors (Lipinski definition) is 4. The fraction of sp³-hybridized carbons (Fsp3) is 0.346. The van der Waals surface area contributed by atoms with Crippen LogP contribution in [-0.4, -0.2) is 40.2 Å². The van der Waals surface area contributed by atoms with Crippen LogP contribution in [0.5, 0.6) is 0 Å². The second kappa shape index (κ2) is 7.28. The van der Waals surface area contributed by atoms with Crippen LogP contribution in [-0.2, 0) is 26.3 Å². The second-order valence-corrected chi connectivity index (χ2v) is 9.31. The number of fused-ring (bicyclic) bond motifs is 5.